The van der Waals surface area contributed by atoms with Crippen molar-refractivity contribution in [2.75, 3.05) is 13.1 Å². The number of aliphatic imine (C=N–C) groups is 1. The summed E-state index contributed by atoms with van der Waals surface area (Å²) >= 11 is 0. The number of rotatable bonds is 7. The Labute approximate surface area is 105 Å². The molecule has 106 valence electrons. The van der Waals surface area contributed by atoms with Crippen LogP contribution in [0.4, 0.5) is 0 Å². The Morgan fingerprint density at radius 3 is 2.00 bits per heavy atom. The summed E-state index contributed by atoms with van der Waals surface area (Å²) in [6.07, 6.45) is 1.42. The number of carbonyl (C=O) groups is 2. The summed E-state index contributed by atoms with van der Waals surface area (Å²) in [4.78, 5) is 23.4. The van der Waals surface area contributed by atoms with Crippen LogP contribution in [0, 0.1) is 0 Å². The second kappa shape index (κ2) is 11.6. The maximum absolute atomic E-state index is 9.85. The van der Waals surface area contributed by atoms with Crippen molar-refractivity contribution in [1.29, 1.82) is 0 Å². The highest BCUT2D eigenvalue weighted by atomic mass is 16.4. The molecule has 0 amide bonds. The number of carboxylic acid groups (broad SMARTS) is 2. The van der Waals surface area contributed by atoms with E-state index in [9.17, 15) is 9.59 Å². The van der Waals surface area contributed by atoms with E-state index in [1.54, 1.807) is 0 Å². The number of hydrogen-bond acceptors (Lipinski definition) is 5. The number of hydrogen-bond donors (Lipinski definition) is 6. The number of unbranched alkanes of at least 4 members (excludes halogenated alkanes) is 1. The first-order chi connectivity index (χ1) is 8.31. The molecule has 0 saturated heterocycles. The van der Waals surface area contributed by atoms with Gasteiger partial charge in [-0.3, -0.25) is 14.6 Å². The minimum Gasteiger partial charge on any atom is -0.481 e. The maximum atomic E-state index is 9.85. The lowest BCUT2D eigenvalue weighted by molar-refractivity contribution is -0.144. The third kappa shape index (κ3) is 16.6. The van der Waals surface area contributed by atoms with E-state index in [0.717, 1.165) is 12.8 Å². The Balaban J connectivity index is 0. The average molecular weight is 263 g/mol. The van der Waals surface area contributed by atoms with E-state index in [4.69, 9.17) is 33.1 Å². The van der Waals surface area contributed by atoms with Gasteiger partial charge in [0.2, 0.25) is 0 Å². The molecule has 0 aliphatic rings. The molecular formula is C9H21N5O4. The Hall–Kier alpha value is -1.87. The summed E-state index contributed by atoms with van der Waals surface area (Å²) in [5.74, 6) is -2.34. The fourth-order valence-corrected chi connectivity index (χ4v) is 0.740. The molecule has 0 radical (unpaired) electrons. The minimum absolute atomic E-state index is 0.159. The summed E-state index contributed by atoms with van der Waals surface area (Å²) in [5, 5.41) is 16.0. The monoisotopic (exact) mass is 263 g/mol. The summed E-state index contributed by atoms with van der Waals surface area (Å²) in [7, 11) is 0. The van der Waals surface area contributed by atoms with Crippen molar-refractivity contribution < 1.29 is 19.8 Å². The molecule has 0 heterocycles. The lowest BCUT2D eigenvalue weighted by Gasteiger charge is -1.99. The van der Waals surface area contributed by atoms with Crippen LogP contribution < -0.4 is 22.9 Å². The maximum Gasteiger partial charge on any atom is 0.321 e. The quantitative estimate of drug-likeness (QED) is 0.170. The molecular weight excluding hydrogens is 242 g/mol. The van der Waals surface area contributed by atoms with Gasteiger partial charge in [-0.1, -0.05) is 0 Å². The smallest absolute Gasteiger partial charge is 0.321 e. The van der Waals surface area contributed by atoms with E-state index in [1.807, 2.05) is 0 Å². The fourth-order valence-electron chi connectivity index (χ4n) is 0.740. The van der Waals surface area contributed by atoms with Crippen molar-refractivity contribution in [3.63, 3.8) is 0 Å². The molecule has 10 N–H and O–H groups in total. The van der Waals surface area contributed by atoms with Crippen LogP contribution >= 0.6 is 0 Å². The highest BCUT2D eigenvalue weighted by Gasteiger charge is 2.14. The number of aliphatic carboxylic acids is 2. The van der Waals surface area contributed by atoms with Crippen LogP contribution in [-0.2, 0) is 9.59 Å². The zero-order valence-corrected chi connectivity index (χ0v) is 10.1. The van der Waals surface area contributed by atoms with Crippen LogP contribution in [-0.4, -0.2) is 47.2 Å². The van der Waals surface area contributed by atoms with Gasteiger partial charge in [0.05, 0.1) is 6.42 Å². The molecule has 0 aromatic rings. The Morgan fingerprint density at radius 1 is 1.17 bits per heavy atom. The van der Waals surface area contributed by atoms with Gasteiger partial charge in [-0.05, 0) is 19.4 Å². The highest BCUT2D eigenvalue weighted by molar-refractivity contribution is 5.80. The third-order valence-corrected chi connectivity index (χ3v) is 1.62. The molecule has 0 aromatic heterocycles. The van der Waals surface area contributed by atoms with Gasteiger partial charge in [0.1, 0.15) is 6.04 Å². The van der Waals surface area contributed by atoms with Crippen molar-refractivity contribution in [3.05, 3.63) is 0 Å². The molecule has 1 atom stereocenters. The predicted molar refractivity (Wildman–Crippen MR) is 66.8 cm³/mol. The second-order valence-electron chi connectivity index (χ2n) is 3.34. The Bertz CT molecular complexity index is 278. The second-order valence-corrected chi connectivity index (χ2v) is 3.34. The van der Waals surface area contributed by atoms with Crippen molar-refractivity contribution in [3.8, 4) is 0 Å². The van der Waals surface area contributed by atoms with Gasteiger partial charge in [0, 0.05) is 6.54 Å². The van der Waals surface area contributed by atoms with E-state index in [1.165, 1.54) is 0 Å². The topological polar surface area (TPSA) is 191 Å². The van der Waals surface area contributed by atoms with Crippen molar-refractivity contribution in [2.24, 2.45) is 27.9 Å². The first-order valence-electron chi connectivity index (χ1n) is 5.26. The number of nitrogens with zero attached hydrogens (tertiary/aromatic N) is 1. The SMILES string of the molecule is NC(CC(=O)O)C(=O)O.NCCCCN=C(N)N. The third-order valence-electron chi connectivity index (χ3n) is 1.62. The van der Waals surface area contributed by atoms with E-state index in [-0.39, 0.29) is 5.96 Å². The minimum atomic E-state index is -1.29. The zero-order valence-electron chi connectivity index (χ0n) is 10.1. The van der Waals surface area contributed by atoms with Gasteiger partial charge in [-0.25, -0.2) is 0 Å². The Kier molecular flexibility index (Phi) is 11.9. The molecule has 0 saturated carbocycles. The van der Waals surface area contributed by atoms with Gasteiger partial charge >= 0.3 is 11.9 Å². The highest BCUT2D eigenvalue weighted by Crippen LogP contribution is 1.86. The van der Waals surface area contributed by atoms with E-state index >= 15 is 0 Å². The lowest BCUT2D eigenvalue weighted by Crippen LogP contribution is -2.32. The summed E-state index contributed by atoms with van der Waals surface area (Å²) in [5.41, 5.74) is 20.2. The molecule has 0 bridgehead atoms. The fraction of sp³-hybridized carbons (Fsp3) is 0.667. The molecule has 0 spiro atoms. The first kappa shape index (κ1) is 18.5. The molecule has 0 aliphatic heterocycles. The summed E-state index contributed by atoms with van der Waals surface area (Å²) < 4.78 is 0. The Morgan fingerprint density at radius 2 is 1.72 bits per heavy atom. The normalized spacial score (nSPS) is 10.8. The first-order valence-corrected chi connectivity index (χ1v) is 5.26. The van der Waals surface area contributed by atoms with Gasteiger partial charge < -0.3 is 33.1 Å². The van der Waals surface area contributed by atoms with E-state index in [0.29, 0.717) is 13.1 Å². The van der Waals surface area contributed by atoms with Gasteiger partial charge in [-0.2, -0.15) is 0 Å². The van der Waals surface area contributed by atoms with Crippen LogP contribution in [0.15, 0.2) is 4.99 Å². The van der Waals surface area contributed by atoms with Crippen LogP contribution in [0.1, 0.15) is 19.3 Å². The molecule has 0 rings (SSSR count). The van der Waals surface area contributed by atoms with Gasteiger partial charge in [0.15, 0.2) is 5.96 Å². The summed E-state index contributed by atoms with van der Waals surface area (Å²) in [6.45, 7) is 1.40. The van der Waals surface area contributed by atoms with Crippen LogP contribution in [0.2, 0.25) is 0 Å². The van der Waals surface area contributed by atoms with Gasteiger partial charge in [0.25, 0.3) is 0 Å². The van der Waals surface area contributed by atoms with Gasteiger partial charge in [-0.15, -0.1) is 0 Å². The van der Waals surface area contributed by atoms with Crippen LogP contribution in [0.5, 0.6) is 0 Å². The standard InChI is InChI=1S/C5H14N4.C4H7NO4/c6-3-1-2-4-9-5(7)8;5-2(4(8)9)1-3(6)7/h1-4,6H2,(H4,7,8,9);2H,1,5H2,(H,6,7)(H,8,9). The van der Waals surface area contributed by atoms with Crippen LogP contribution in [0.25, 0.3) is 0 Å². The molecule has 9 heteroatoms. The van der Waals surface area contributed by atoms with Crippen molar-refractivity contribution in [1.82, 2.24) is 0 Å². The van der Waals surface area contributed by atoms with E-state index < -0.39 is 24.4 Å². The number of carboxylic acids is 2. The molecule has 1 unspecified atom stereocenters. The lowest BCUT2D eigenvalue weighted by atomic mass is 10.2. The van der Waals surface area contributed by atoms with Crippen LogP contribution in [0.3, 0.4) is 0 Å². The average Bonchev–Trinajstić information content (AvgIpc) is 2.24. The molecule has 0 fully saturated rings. The molecule has 0 aromatic carbocycles. The molecule has 9 nitrogen and oxygen atoms in total. The van der Waals surface area contributed by atoms with E-state index in [2.05, 4.69) is 4.99 Å². The number of nitrogens with two attached hydrogens (primary N) is 4. The van der Waals surface area contributed by atoms with Crippen molar-refractivity contribution in [2.45, 2.75) is 25.3 Å². The largest absolute Gasteiger partial charge is 0.481 e. The zero-order chi connectivity index (χ0) is 14.6. The number of guanidine groups is 1. The summed E-state index contributed by atoms with van der Waals surface area (Å²) in [6, 6.07) is -1.29. The molecule has 18 heavy (non-hydrogen) atoms. The van der Waals surface area contributed by atoms with Crippen molar-refractivity contribution >= 4 is 17.9 Å². The predicted octanol–water partition coefficient (Wildman–Crippen LogP) is -2.13. The molecule has 0 aliphatic carbocycles.